The molecule has 0 amide bonds. The summed E-state index contributed by atoms with van der Waals surface area (Å²) in [6, 6.07) is 8.82. The number of benzene rings is 2. The Labute approximate surface area is 173 Å². The Kier molecular flexibility index (Phi) is 5.54. The van der Waals surface area contributed by atoms with Gasteiger partial charge in [-0.3, -0.25) is 10.3 Å². The number of hydrogen-bond acceptors (Lipinski definition) is 4. The molecule has 1 aliphatic heterocycles. The van der Waals surface area contributed by atoms with Crippen molar-refractivity contribution in [2.45, 2.75) is 17.8 Å². The first-order chi connectivity index (χ1) is 13.1. The highest BCUT2D eigenvalue weighted by Gasteiger charge is 2.59. The number of nitrogens with one attached hydrogen (secondary N) is 1. The lowest BCUT2D eigenvalue weighted by atomic mass is 9.91. The maximum absolute atomic E-state index is 14.0. The molecule has 4 nitrogen and oxygen atoms in total. The van der Waals surface area contributed by atoms with Crippen molar-refractivity contribution in [1.82, 2.24) is 5.48 Å². The molecule has 0 aliphatic carbocycles. The van der Waals surface area contributed by atoms with Gasteiger partial charge in [-0.1, -0.05) is 46.9 Å². The summed E-state index contributed by atoms with van der Waals surface area (Å²) in [7, 11) is 0. The Morgan fingerprint density at radius 3 is 2.29 bits per heavy atom. The summed E-state index contributed by atoms with van der Waals surface area (Å²) in [5, 5.41) is 9.11. The second kappa shape index (κ2) is 7.47. The van der Waals surface area contributed by atoms with Gasteiger partial charge in [0, 0.05) is 31.8 Å². The number of nitrogens with zero attached hydrogens (tertiary/aromatic N) is 1. The number of alkyl halides is 3. The Bertz CT molecular complexity index is 984. The standard InChI is InChI=1S/C18H11Cl3F3N3O/c19-11-4-10(5-12(20)6-11)17(18(22,23)24)7-16(27-28-17)9-1-2-13(14(21)3-9)15(26)8-25/h1-7,15,27H,26H2. The Hall–Kier alpha value is -1.95. The summed E-state index contributed by atoms with van der Waals surface area (Å²) >= 11 is 17.9. The topological polar surface area (TPSA) is 71.1 Å². The average Bonchev–Trinajstić information content (AvgIpc) is 3.07. The van der Waals surface area contributed by atoms with Gasteiger partial charge in [0.1, 0.15) is 6.04 Å². The van der Waals surface area contributed by atoms with Crippen LogP contribution in [0.3, 0.4) is 0 Å². The molecule has 146 valence electrons. The van der Waals surface area contributed by atoms with Crippen LogP contribution in [-0.2, 0) is 10.4 Å². The average molecular weight is 449 g/mol. The zero-order chi connectivity index (χ0) is 20.7. The van der Waals surface area contributed by atoms with Crippen molar-refractivity contribution in [1.29, 1.82) is 5.26 Å². The molecule has 0 bridgehead atoms. The van der Waals surface area contributed by atoms with Gasteiger partial charge in [0.05, 0.1) is 11.8 Å². The molecule has 0 fully saturated rings. The monoisotopic (exact) mass is 447 g/mol. The molecular weight excluding hydrogens is 438 g/mol. The van der Waals surface area contributed by atoms with Crippen LogP contribution in [0, 0.1) is 11.3 Å². The van der Waals surface area contributed by atoms with Crippen molar-refractivity contribution < 1.29 is 18.0 Å². The quantitative estimate of drug-likeness (QED) is 0.650. The van der Waals surface area contributed by atoms with Crippen LogP contribution >= 0.6 is 34.8 Å². The van der Waals surface area contributed by atoms with Crippen LogP contribution in [0.2, 0.25) is 15.1 Å². The van der Waals surface area contributed by atoms with E-state index in [2.05, 4.69) is 5.48 Å². The van der Waals surface area contributed by atoms with Gasteiger partial charge >= 0.3 is 6.18 Å². The van der Waals surface area contributed by atoms with Crippen molar-refractivity contribution >= 4 is 40.5 Å². The first-order valence-corrected chi connectivity index (χ1v) is 8.86. The van der Waals surface area contributed by atoms with E-state index in [9.17, 15) is 13.2 Å². The molecule has 3 N–H and O–H groups in total. The minimum absolute atomic E-state index is 0.0346. The third-order valence-electron chi connectivity index (χ3n) is 4.17. The van der Waals surface area contributed by atoms with Crippen molar-refractivity contribution in [3.8, 4) is 6.07 Å². The van der Waals surface area contributed by atoms with E-state index < -0.39 is 17.8 Å². The molecule has 0 spiro atoms. The van der Waals surface area contributed by atoms with Gasteiger partial charge in [0.15, 0.2) is 0 Å². The fourth-order valence-electron chi connectivity index (χ4n) is 2.77. The molecule has 1 aliphatic rings. The number of hydrogen-bond donors (Lipinski definition) is 2. The van der Waals surface area contributed by atoms with Gasteiger partial charge in [0.2, 0.25) is 5.60 Å². The third-order valence-corrected chi connectivity index (χ3v) is 4.93. The molecule has 1 heterocycles. The molecule has 10 heteroatoms. The molecule has 28 heavy (non-hydrogen) atoms. The zero-order valence-corrected chi connectivity index (χ0v) is 16.1. The Morgan fingerprint density at radius 1 is 1.11 bits per heavy atom. The van der Waals surface area contributed by atoms with Gasteiger partial charge in [-0.15, -0.1) is 0 Å². The SMILES string of the molecule is N#CC(N)c1ccc(C2=CC(c3cc(Cl)cc(Cl)c3)(C(F)(F)F)ON2)cc1Cl. The van der Waals surface area contributed by atoms with Crippen molar-refractivity contribution in [2.75, 3.05) is 0 Å². The lowest BCUT2D eigenvalue weighted by Gasteiger charge is -2.28. The second-order valence-electron chi connectivity index (χ2n) is 6.00. The molecule has 0 aromatic heterocycles. The number of nitriles is 1. The molecule has 2 unspecified atom stereocenters. The largest absolute Gasteiger partial charge is 0.428 e. The van der Waals surface area contributed by atoms with Crippen LogP contribution in [0.4, 0.5) is 13.2 Å². The van der Waals surface area contributed by atoms with Crippen molar-refractivity contribution in [2.24, 2.45) is 5.73 Å². The Morgan fingerprint density at radius 2 is 1.75 bits per heavy atom. The third kappa shape index (κ3) is 3.66. The molecule has 2 atom stereocenters. The van der Waals surface area contributed by atoms with E-state index in [1.54, 1.807) is 0 Å². The van der Waals surface area contributed by atoms with Crippen molar-refractivity contribution in [3.05, 3.63) is 74.2 Å². The van der Waals surface area contributed by atoms with Crippen molar-refractivity contribution in [3.63, 3.8) is 0 Å². The molecular formula is C18H11Cl3F3N3O. The van der Waals surface area contributed by atoms with E-state index in [0.29, 0.717) is 11.1 Å². The molecule has 2 aromatic rings. The second-order valence-corrected chi connectivity index (χ2v) is 7.28. The fourth-order valence-corrected chi connectivity index (χ4v) is 3.59. The van der Waals surface area contributed by atoms with Crippen LogP contribution < -0.4 is 11.2 Å². The molecule has 2 aromatic carbocycles. The number of halogens is 6. The highest BCUT2D eigenvalue weighted by atomic mass is 35.5. The van der Waals surface area contributed by atoms with E-state index in [1.165, 1.54) is 24.3 Å². The minimum atomic E-state index is -4.82. The Balaban J connectivity index is 2.10. The summed E-state index contributed by atoms with van der Waals surface area (Å²) in [5.41, 5.74) is 5.55. The smallest absolute Gasteiger partial charge is 0.312 e. The van der Waals surface area contributed by atoms with E-state index in [4.69, 9.17) is 50.6 Å². The van der Waals surface area contributed by atoms with Crippen LogP contribution in [0.5, 0.6) is 0 Å². The van der Waals surface area contributed by atoms with E-state index >= 15 is 0 Å². The van der Waals surface area contributed by atoms with Gasteiger partial charge in [-0.25, -0.2) is 0 Å². The normalized spacial score (nSPS) is 20.3. The van der Waals surface area contributed by atoms with Gasteiger partial charge < -0.3 is 5.73 Å². The van der Waals surface area contributed by atoms with Crippen LogP contribution in [0.25, 0.3) is 5.70 Å². The first kappa shape index (κ1) is 20.8. The first-order valence-electron chi connectivity index (χ1n) is 7.72. The van der Waals surface area contributed by atoms with E-state index in [-0.39, 0.29) is 26.3 Å². The number of rotatable bonds is 3. The highest BCUT2D eigenvalue weighted by Crippen LogP contribution is 2.48. The zero-order valence-electron chi connectivity index (χ0n) is 13.8. The summed E-state index contributed by atoms with van der Waals surface area (Å²) in [5.74, 6) is 0. The molecule has 0 saturated carbocycles. The minimum Gasteiger partial charge on any atom is -0.312 e. The van der Waals surface area contributed by atoms with Crippen LogP contribution in [-0.4, -0.2) is 6.18 Å². The maximum Gasteiger partial charge on any atom is 0.428 e. The van der Waals surface area contributed by atoms with Crippen LogP contribution in [0.15, 0.2) is 42.5 Å². The molecule has 0 radical (unpaired) electrons. The number of hydroxylamine groups is 1. The van der Waals surface area contributed by atoms with Gasteiger partial charge in [-0.2, -0.15) is 18.4 Å². The highest BCUT2D eigenvalue weighted by molar-refractivity contribution is 6.34. The van der Waals surface area contributed by atoms with E-state index in [1.807, 2.05) is 6.07 Å². The summed E-state index contributed by atoms with van der Waals surface area (Å²) in [6.45, 7) is 0. The van der Waals surface area contributed by atoms with Crippen LogP contribution in [0.1, 0.15) is 22.7 Å². The number of nitrogens with two attached hydrogens (primary N) is 1. The predicted molar refractivity (Wildman–Crippen MR) is 100 cm³/mol. The lowest BCUT2D eigenvalue weighted by molar-refractivity contribution is -0.269. The van der Waals surface area contributed by atoms with Gasteiger partial charge in [0.25, 0.3) is 0 Å². The van der Waals surface area contributed by atoms with Gasteiger partial charge in [-0.05, 0) is 30.3 Å². The molecule has 3 rings (SSSR count). The molecule has 0 saturated heterocycles. The van der Waals surface area contributed by atoms with E-state index in [0.717, 1.165) is 18.2 Å². The predicted octanol–water partition coefficient (Wildman–Crippen LogP) is 5.50. The lowest BCUT2D eigenvalue weighted by Crippen LogP contribution is -2.42. The maximum atomic E-state index is 14.0. The summed E-state index contributed by atoms with van der Waals surface area (Å²) < 4.78 is 41.9. The fraction of sp³-hybridized carbons (Fsp3) is 0.167. The summed E-state index contributed by atoms with van der Waals surface area (Å²) in [4.78, 5) is 5.00. The summed E-state index contributed by atoms with van der Waals surface area (Å²) in [6.07, 6.45) is -3.94.